The van der Waals surface area contributed by atoms with Crippen LogP contribution in [-0.4, -0.2) is 68.5 Å². The smallest absolute Gasteiger partial charge is 0.261 e. The summed E-state index contributed by atoms with van der Waals surface area (Å²) in [6.45, 7) is 10.5. The maximum atomic E-state index is 14.0. The third-order valence-electron chi connectivity index (χ3n) is 10.4. The Morgan fingerprint density at radius 3 is 2.71 bits per heavy atom. The molecule has 49 heavy (non-hydrogen) atoms. The van der Waals surface area contributed by atoms with Crippen LogP contribution in [0, 0.1) is 17.3 Å². The largest absolute Gasteiger partial charge is 0.340 e. The van der Waals surface area contributed by atoms with Gasteiger partial charge in [0.15, 0.2) is 11.8 Å². The van der Waals surface area contributed by atoms with Crippen molar-refractivity contribution in [3.8, 4) is 11.5 Å². The molecule has 2 N–H and O–H groups in total. The standard InChI is InChI=1S/C36H42Cl2F2N8O/c1-21-22(2)36(3,4)11-9-28(21)46-35(47-16-14-43-31(20-47)32(39)40)44-25-7-8-26-29(18-25)45-33(30-19-41-12-13-42-30)48(34(26)49)15-10-23-5-6-24(37)17-27(23)38/h5-8,12-13,17-19,21-22,28,31-32,43H,9-11,14-16,20H2,1-4H3,(H,44,46)/t21-,22-,28?,31+/m0/s1. The van der Waals surface area contributed by atoms with Crippen molar-refractivity contribution in [2.75, 3.05) is 25.0 Å². The molecule has 0 radical (unpaired) electrons. The minimum absolute atomic E-state index is 0.0357. The first kappa shape index (κ1) is 35.2. The second kappa shape index (κ2) is 14.7. The monoisotopic (exact) mass is 710 g/mol. The van der Waals surface area contributed by atoms with Crippen molar-refractivity contribution in [1.82, 2.24) is 29.7 Å². The Morgan fingerprint density at radius 2 is 1.98 bits per heavy atom. The summed E-state index contributed by atoms with van der Waals surface area (Å²) >= 11 is 12.5. The topological polar surface area (TPSA) is 100 Å². The Bertz CT molecular complexity index is 1890. The van der Waals surface area contributed by atoms with E-state index in [-0.39, 0.29) is 23.6 Å². The number of aliphatic imine (C=N–C) groups is 1. The summed E-state index contributed by atoms with van der Waals surface area (Å²) in [6, 6.07) is 9.72. The van der Waals surface area contributed by atoms with Crippen LogP contribution in [0.15, 0.2) is 64.8 Å². The summed E-state index contributed by atoms with van der Waals surface area (Å²) in [5, 5.41) is 7.88. The molecule has 4 atom stereocenters. The fourth-order valence-electron chi connectivity index (χ4n) is 6.93. The van der Waals surface area contributed by atoms with Gasteiger partial charge in [-0.05, 0) is 72.4 Å². The number of guanidine groups is 1. The average molecular weight is 712 g/mol. The molecular formula is C36H42Cl2F2N8O. The zero-order valence-corrected chi connectivity index (χ0v) is 29.6. The predicted octanol–water partition coefficient (Wildman–Crippen LogP) is 7.17. The molecule has 0 amide bonds. The molecule has 9 nitrogen and oxygen atoms in total. The van der Waals surface area contributed by atoms with Gasteiger partial charge in [-0.2, -0.15) is 0 Å². The van der Waals surface area contributed by atoms with Gasteiger partial charge in [0.1, 0.15) is 5.69 Å². The maximum absolute atomic E-state index is 14.0. The van der Waals surface area contributed by atoms with Gasteiger partial charge in [0, 0.05) is 54.3 Å². The third-order valence-corrected chi connectivity index (χ3v) is 11.0. The number of rotatable bonds is 7. The van der Waals surface area contributed by atoms with Gasteiger partial charge in [0.2, 0.25) is 0 Å². The minimum atomic E-state index is -2.50. The highest BCUT2D eigenvalue weighted by atomic mass is 35.5. The van der Waals surface area contributed by atoms with E-state index in [1.165, 1.54) is 0 Å². The average Bonchev–Trinajstić information content (AvgIpc) is 3.08. The number of nitrogens with one attached hydrogen (secondary N) is 2. The van der Waals surface area contributed by atoms with Crippen molar-refractivity contribution < 1.29 is 8.78 Å². The predicted molar refractivity (Wildman–Crippen MR) is 193 cm³/mol. The first-order chi connectivity index (χ1) is 23.4. The fourth-order valence-corrected chi connectivity index (χ4v) is 7.43. The summed E-state index contributed by atoms with van der Waals surface area (Å²) in [6.07, 6.45) is 4.60. The molecule has 1 saturated heterocycles. The molecular weight excluding hydrogens is 669 g/mol. The summed E-state index contributed by atoms with van der Waals surface area (Å²) in [7, 11) is 0. The van der Waals surface area contributed by atoms with Crippen LogP contribution in [-0.2, 0) is 13.0 Å². The van der Waals surface area contributed by atoms with Gasteiger partial charge in [0.25, 0.3) is 12.0 Å². The third kappa shape index (κ3) is 7.74. The maximum Gasteiger partial charge on any atom is 0.261 e. The highest BCUT2D eigenvalue weighted by Crippen LogP contribution is 2.44. The second-order valence-corrected chi connectivity index (χ2v) is 14.7. The Balaban J connectivity index is 1.37. The molecule has 1 unspecified atom stereocenters. The van der Waals surface area contributed by atoms with Gasteiger partial charge < -0.3 is 15.5 Å². The number of aryl methyl sites for hydroxylation is 1. The molecule has 4 aromatic rings. The van der Waals surface area contributed by atoms with Gasteiger partial charge in [-0.3, -0.25) is 14.3 Å². The Labute approximate surface area is 295 Å². The van der Waals surface area contributed by atoms with Crippen LogP contribution in [0.1, 0.15) is 46.1 Å². The molecule has 1 aliphatic carbocycles. The van der Waals surface area contributed by atoms with Gasteiger partial charge in [-0.1, -0.05) is 57.0 Å². The summed E-state index contributed by atoms with van der Waals surface area (Å²) in [5.41, 5.74) is 2.38. The van der Waals surface area contributed by atoms with Crippen LogP contribution < -0.4 is 16.2 Å². The summed E-state index contributed by atoms with van der Waals surface area (Å²) in [4.78, 5) is 34.8. The molecule has 2 fully saturated rings. The van der Waals surface area contributed by atoms with E-state index >= 15 is 0 Å². The van der Waals surface area contributed by atoms with Crippen LogP contribution in [0.4, 0.5) is 14.5 Å². The molecule has 0 spiro atoms. The Hall–Kier alpha value is -3.67. The first-order valence-electron chi connectivity index (χ1n) is 16.8. The molecule has 3 heterocycles. The van der Waals surface area contributed by atoms with Gasteiger partial charge in [0.05, 0.1) is 29.2 Å². The van der Waals surface area contributed by atoms with E-state index in [4.69, 9.17) is 33.2 Å². The fraction of sp³-hybridized carbons (Fsp3) is 0.472. The van der Waals surface area contributed by atoms with Crippen LogP contribution in [0.5, 0.6) is 0 Å². The molecule has 260 valence electrons. The number of hydrogen-bond acceptors (Lipinski definition) is 6. The van der Waals surface area contributed by atoms with Crippen molar-refractivity contribution in [3.05, 3.63) is 81.0 Å². The number of nitrogens with zero attached hydrogens (tertiary/aromatic N) is 6. The quantitative estimate of drug-likeness (QED) is 0.155. The highest BCUT2D eigenvalue weighted by Gasteiger charge is 2.39. The van der Waals surface area contributed by atoms with E-state index in [9.17, 15) is 13.6 Å². The molecule has 2 aliphatic rings. The highest BCUT2D eigenvalue weighted by molar-refractivity contribution is 6.35. The van der Waals surface area contributed by atoms with Crippen molar-refractivity contribution in [3.63, 3.8) is 0 Å². The van der Waals surface area contributed by atoms with Crippen molar-refractivity contribution in [2.24, 2.45) is 22.2 Å². The second-order valence-electron chi connectivity index (χ2n) is 13.9. The number of hydrogen-bond donors (Lipinski definition) is 2. The number of benzene rings is 2. The Kier molecular flexibility index (Phi) is 10.5. The van der Waals surface area contributed by atoms with E-state index in [2.05, 4.69) is 48.3 Å². The molecule has 13 heteroatoms. The molecule has 1 saturated carbocycles. The molecule has 2 aromatic carbocycles. The van der Waals surface area contributed by atoms with E-state index < -0.39 is 12.5 Å². The minimum Gasteiger partial charge on any atom is -0.340 e. The number of alkyl halides is 2. The summed E-state index contributed by atoms with van der Waals surface area (Å²) < 4.78 is 29.3. The number of piperazine rings is 1. The SMILES string of the molecule is C[C@@H]1C(N=C(Nc2ccc3c(=O)n(CCc4ccc(Cl)cc4Cl)c(-c4cnccn4)nc3c2)N2CCN[C@@H](C(F)F)C2)CCC(C)(C)[C@H]1C. The lowest BCUT2D eigenvalue weighted by Gasteiger charge is -2.44. The molecule has 1 aliphatic heterocycles. The van der Waals surface area contributed by atoms with Crippen LogP contribution >= 0.6 is 23.2 Å². The molecule has 0 bridgehead atoms. The van der Waals surface area contributed by atoms with Crippen molar-refractivity contribution in [2.45, 2.75) is 72.0 Å². The lowest BCUT2D eigenvalue weighted by Crippen LogP contribution is -2.57. The zero-order chi connectivity index (χ0) is 34.9. The van der Waals surface area contributed by atoms with E-state index in [0.717, 1.165) is 18.4 Å². The van der Waals surface area contributed by atoms with E-state index in [1.807, 2.05) is 17.0 Å². The lowest BCUT2D eigenvalue weighted by atomic mass is 9.63. The van der Waals surface area contributed by atoms with Crippen LogP contribution in [0.2, 0.25) is 10.0 Å². The van der Waals surface area contributed by atoms with Crippen LogP contribution in [0.25, 0.3) is 22.4 Å². The molecule has 2 aromatic heterocycles. The zero-order valence-electron chi connectivity index (χ0n) is 28.1. The number of aromatic nitrogens is 4. The van der Waals surface area contributed by atoms with E-state index in [0.29, 0.717) is 82.0 Å². The molecule has 6 rings (SSSR count). The summed E-state index contributed by atoms with van der Waals surface area (Å²) in [5.74, 6) is 1.67. The van der Waals surface area contributed by atoms with Gasteiger partial charge >= 0.3 is 0 Å². The van der Waals surface area contributed by atoms with Crippen LogP contribution in [0.3, 0.4) is 0 Å². The first-order valence-corrected chi connectivity index (χ1v) is 17.5. The van der Waals surface area contributed by atoms with E-state index in [1.54, 1.807) is 47.4 Å². The van der Waals surface area contributed by atoms with Gasteiger partial charge in [-0.25, -0.2) is 23.7 Å². The number of anilines is 1. The Morgan fingerprint density at radius 1 is 1.16 bits per heavy atom. The van der Waals surface area contributed by atoms with Crippen molar-refractivity contribution >= 4 is 45.8 Å². The normalized spacial score (nSPS) is 22.9. The number of fused-ring (bicyclic) bond motifs is 1. The lowest BCUT2D eigenvalue weighted by molar-refractivity contribution is 0.0717. The van der Waals surface area contributed by atoms with Crippen molar-refractivity contribution in [1.29, 1.82) is 0 Å². The van der Waals surface area contributed by atoms with Gasteiger partial charge in [-0.15, -0.1) is 0 Å². The number of halogens is 4.